The van der Waals surface area contributed by atoms with Crippen LogP contribution in [0.25, 0.3) is 0 Å². The van der Waals surface area contributed by atoms with E-state index in [0.29, 0.717) is 6.42 Å². The first-order valence-electron chi connectivity index (χ1n) is 13.7. The molecule has 3 rings (SSSR count). The van der Waals surface area contributed by atoms with Gasteiger partial charge in [-0.15, -0.1) is 0 Å². The summed E-state index contributed by atoms with van der Waals surface area (Å²) < 4.78 is 0. The van der Waals surface area contributed by atoms with Gasteiger partial charge in [0.2, 0.25) is 0 Å². The average molecular weight is 470 g/mol. The minimum atomic E-state index is -1.13. The lowest BCUT2D eigenvalue weighted by Gasteiger charge is -2.57. The van der Waals surface area contributed by atoms with E-state index in [9.17, 15) is 25.1 Å². The molecule has 0 aliphatic heterocycles. The fraction of sp³-hybridized carbons (Fsp3) is 0.759. The normalized spacial score (nSPS) is 29.6. The van der Waals surface area contributed by atoms with Gasteiger partial charge in [-0.1, -0.05) is 70.9 Å². The van der Waals surface area contributed by atoms with Gasteiger partial charge in [-0.2, -0.15) is 5.26 Å². The van der Waals surface area contributed by atoms with Gasteiger partial charge in [-0.25, -0.2) is 0 Å². The lowest BCUT2D eigenvalue weighted by molar-refractivity contribution is -0.156. The highest BCUT2D eigenvalue weighted by molar-refractivity contribution is 5.79. The minimum absolute atomic E-state index is 0.0698. The molecule has 34 heavy (non-hydrogen) atoms. The summed E-state index contributed by atoms with van der Waals surface area (Å²) in [6, 6.07) is 2.83. The number of nitrogens with zero attached hydrogens (tertiary/aromatic N) is 1. The van der Waals surface area contributed by atoms with Crippen molar-refractivity contribution in [3.63, 3.8) is 0 Å². The number of carboxylic acids is 2. The first-order chi connectivity index (χ1) is 16.4. The highest BCUT2D eigenvalue weighted by atomic mass is 16.4. The summed E-state index contributed by atoms with van der Waals surface area (Å²) in [5, 5.41) is 31.3. The maximum Gasteiger partial charge on any atom is 0.308 e. The molecular formula is C29H43NO4. The Kier molecular flexibility index (Phi) is 9.01. The van der Waals surface area contributed by atoms with Gasteiger partial charge in [0.15, 0.2) is 0 Å². The van der Waals surface area contributed by atoms with Gasteiger partial charge >= 0.3 is 11.9 Å². The Morgan fingerprint density at radius 1 is 1.06 bits per heavy atom. The Morgan fingerprint density at radius 3 is 2.18 bits per heavy atom. The molecule has 0 aromatic rings. The van der Waals surface area contributed by atoms with Gasteiger partial charge in [-0.3, -0.25) is 9.59 Å². The maximum atomic E-state index is 12.7. The molecule has 0 heterocycles. The van der Waals surface area contributed by atoms with E-state index in [1.54, 1.807) is 0 Å². The Hall–Kier alpha value is -2.09. The summed E-state index contributed by atoms with van der Waals surface area (Å²) in [5.74, 6) is -2.97. The van der Waals surface area contributed by atoms with Crippen LogP contribution in [0.15, 0.2) is 23.3 Å². The molecule has 0 amide bonds. The number of nitriles is 1. The van der Waals surface area contributed by atoms with Crippen molar-refractivity contribution in [1.29, 1.82) is 5.26 Å². The number of carbonyl (C=O) groups is 2. The van der Waals surface area contributed by atoms with E-state index in [0.717, 1.165) is 77.0 Å². The molecule has 5 nitrogen and oxygen atoms in total. The fourth-order valence-electron chi connectivity index (χ4n) is 7.62. The average Bonchev–Trinajstić information content (AvgIpc) is 2.86. The Morgan fingerprint density at radius 2 is 1.68 bits per heavy atom. The van der Waals surface area contributed by atoms with Crippen molar-refractivity contribution in [2.45, 2.75) is 110 Å². The quantitative estimate of drug-likeness (QED) is 0.350. The van der Waals surface area contributed by atoms with E-state index in [4.69, 9.17) is 0 Å². The van der Waals surface area contributed by atoms with Crippen LogP contribution < -0.4 is 0 Å². The number of aliphatic carboxylic acids is 2. The molecule has 2 N–H and O–H groups in total. The Balaban J connectivity index is 2.32. The smallest absolute Gasteiger partial charge is 0.308 e. The van der Waals surface area contributed by atoms with Crippen LogP contribution in [0.4, 0.5) is 0 Å². The van der Waals surface area contributed by atoms with Crippen molar-refractivity contribution >= 4 is 11.9 Å². The first kappa shape index (κ1) is 26.5. The van der Waals surface area contributed by atoms with Crippen molar-refractivity contribution < 1.29 is 19.8 Å². The topological polar surface area (TPSA) is 98.4 Å². The number of hydrogen-bond donors (Lipinski definition) is 2. The molecule has 0 bridgehead atoms. The van der Waals surface area contributed by atoms with E-state index in [1.807, 2.05) is 13.0 Å². The molecule has 0 spiro atoms. The van der Waals surface area contributed by atoms with Gasteiger partial charge in [0.1, 0.15) is 0 Å². The number of unbranched alkanes of at least 4 members (excludes halogenated alkanes) is 1. The largest absolute Gasteiger partial charge is 0.481 e. The summed E-state index contributed by atoms with van der Waals surface area (Å²) in [4.78, 5) is 24.6. The molecule has 0 aromatic carbocycles. The van der Waals surface area contributed by atoms with Crippen LogP contribution in [-0.2, 0) is 9.59 Å². The van der Waals surface area contributed by atoms with Crippen molar-refractivity contribution in [3.8, 4) is 6.07 Å². The Labute approximate surface area is 205 Å². The minimum Gasteiger partial charge on any atom is -0.481 e. The predicted octanol–water partition coefficient (Wildman–Crippen LogP) is 7.29. The van der Waals surface area contributed by atoms with E-state index >= 15 is 0 Å². The second-order valence-corrected chi connectivity index (χ2v) is 10.8. The SMILES string of the molecule is CCCCC1=C(C2CCCCC2)C(C#N)(C2CCCCC2)C(CC)([C@@H](CC(=O)O)C(=O)O)C=C1. The van der Waals surface area contributed by atoms with Crippen molar-refractivity contribution in [3.05, 3.63) is 23.3 Å². The molecule has 2 saturated carbocycles. The second-order valence-electron chi connectivity index (χ2n) is 10.8. The standard InChI is InChI=1S/C29H43NO4/c1-3-5-12-22-17-18-28(4-2,24(27(33)34)19-25(31)32)29(20-30,23-15-10-7-11-16-23)26(22)21-13-8-6-9-14-21/h17-18,21,23-24H,3-16,19H2,1-2H3,(H,31,32)(H,33,34)/t24-,28?,29?/m0/s1. The van der Waals surface area contributed by atoms with Crippen molar-refractivity contribution in [1.82, 2.24) is 0 Å². The van der Waals surface area contributed by atoms with Crippen LogP contribution in [0.3, 0.4) is 0 Å². The zero-order valence-electron chi connectivity index (χ0n) is 21.2. The van der Waals surface area contributed by atoms with Gasteiger partial charge in [-0.05, 0) is 67.9 Å². The molecule has 3 aliphatic carbocycles. The molecule has 0 radical (unpaired) electrons. The van der Waals surface area contributed by atoms with Crippen LogP contribution in [0.5, 0.6) is 0 Å². The summed E-state index contributed by atoms with van der Waals surface area (Å²) in [7, 11) is 0. The highest BCUT2D eigenvalue weighted by Gasteiger charge is 2.63. The zero-order chi connectivity index (χ0) is 24.8. The number of rotatable bonds is 10. The number of hydrogen-bond acceptors (Lipinski definition) is 3. The molecular weight excluding hydrogens is 426 g/mol. The summed E-state index contributed by atoms with van der Waals surface area (Å²) in [5.41, 5.74) is 0.470. The lowest BCUT2D eigenvalue weighted by Crippen LogP contribution is -2.56. The van der Waals surface area contributed by atoms with Crippen LogP contribution in [0.2, 0.25) is 0 Å². The third kappa shape index (κ3) is 4.70. The number of allylic oxidation sites excluding steroid dienone is 4. The van der Waals surface area contributed by atoms with Gasteiger partial charge in [0.25, 0.3) is 0 Å². The van der Waals surface area contributed by atoms with Crippen LogP contribution in [-0.4, -0.2) is 22.2 Å². The van der Waals surface area contributed by atoms with E-state index in [-0.39, 0.29) is 11.8 Å². The van der Waals surface area contributed by atoms with Gasteiger partial charge in [0.05, 0.1) is 23.8 Å². The van der Waals surface area contributed by atoms with E-state index < -0.39 is 35.1 Å². The number of carboxylic acid groups (broad SMARTS) is 2. The predicted molar refractivity (Wildman–Crippen MR) is 133 cm³/mol. The third-order valence-corrected chi connectivity index (χ3v) is 9.18. The van der Waals surface area contributed by atoms with Gasteiger partial charge < -0.3 is 10.2 Å². The monoisotopic (exact) mass is 469 g/mol. The first-order valence-corrected chi connectivity index (χ1v) is 13.7. The van der Waals surface area contributed by atoms with E-state index in [1.165, 1.54) is 17.6 Å². The molecule has 0 saturated heterocycles. The lowest BCUT2D eigenvalue weighted by atomic mass is 9.43. The molecule has 2 unspecified atom stereocenters. The second kappa shape index (κ2) is 11.6. The Bertz CT molecular complexity index is 841. The summed E-state index contributed by atoms with van der Waals surface area (Å²) >= 11 is 0. The fourth-order valence-corrected chi connectivity index (χ4v) is 7.62. The van der Waals surface area contributed by atoms with Crippen molar-refractivity contribution in [2.75, 3.05) is 0 Å². The van der Waals surface area contributed by atoms with Crippen molar-refractivity contribution in [2.24, 2.45) is 28.6 Å². The molecule has 188 valence electrons. The zero-order valence-corrected chi connectivity index (χ0v) is 21.2. The molecule has 3 aliphatic rings. The van der Waals surface area contributed by atoms with Crippen LogP contribution in [0, 0.1) is 39.9 Å². The third-order valence-electron chi connectivity index (χ3n) is 9.18. The van der Waals surface area contributed by atoms with Crippen LogP contribution in [0.1, 0.15) is 110 Å². The van der Waals surface area contributed by atoms with E-state index in [2.05, 4.69) is 19.1 Å². The molecule has 5 heteroatoms. The maximum absolute atomic E-state index is 12.7. The molecule has 0 aromatic heterocycles. The molecule has 2 fully saturated rings. The summed E-state index contributed by atoms with van der Waals surface area (Å²) in [6.07, 6.45) is 17.8. The van der Waals surface area contributed by atoms with Gasteiger partial charge in [0, 0.05) is 5.41 Å². The highest BCUT2D eigenvalue weighted by Crippen LogP contribution is 2.65. The summed E-state index contributed by atoms with van der Waals surface area (Å²) in [6.45, 7) is 4.14. The van der Waals surface area contributed by atoms with Crippen LogP contribution >= 0.6 is 0 Å². The molecule has 3 atom stereocenters.